The molecule has 5 rings (SSSR count). The zero-order valence-corrected chi connectivity index (χ0v) is 19.8. The van der Waals surface area contributed by atoms with Gasteiger partial charge in [0.1, 0.15) is 5.75 Å². The first kappa shape index (κ1) is 22.7. The molecular weight excluding hydrogens is 459 g/mol. The van der Waals surface area contributed by atoms with E-state index in [2.05, 4.69) is 10.3 Å². The molecule has 4 saturated carbocycles. The molecule has 0 spiro atoms. The number of sulfonamides is 1. The maximum Gasteiger partial charge on any atom is 0.214 e. The van der Waals surface area contributed by atoms with Crippen molar-refractivity contribution in [2.24, 2.45) is 27.9 Å². The van der Waals surface area contributed by atoms with E-state index in [0.29, 0.717) is 46.8 Å². The number of nitrogens with one attached hydrogen (secondary N) is 1. The van der Waals surface area contributed by atoms with Crippen LogP contribution in [0.2, 0.25) is 10.0 Å². The molecule has 0 heterocycles. The van der Waals surface area contributed by atoms with Gasteiger partial charge in [-0.1, -0.05) is 23.2 Å². The number of nitrogens with two attached hydrogens (primary N) is 1. The summed E-state index contributed by atoms with van der Waals surface area (Å²) in [7, 11) is -3.62. The van der Waals surface area contributed by atoms with E-state index in [9.17, 15) is 13.7 Å². The molecular formula is C21H26Cl2N4O3S. The number of nitriles is 1. The number of halogens is 2. The summed E-state index contributed by atoms with van der Waals surface area (Å²) in [5.41, 5.74) is -0.973. The van der Waals surface area contributed by atoms with Crippen molar-refractivity contribution in [1.82, 2.24) is 5.32 Å². The van der Waals surface area contributed by atoms with E-state index in [4.69, 9.17) is 33.1 Å². The molecule has 10 heteroatoms. The molecule has 168 valence electrons. The molecule has 2 unspecified atom stereocenters. The fourth-order valence-electron chi connectivity index (χ4n) is 5.96. The molecule has 31 heavy (non-hydrogen) atoms. The first-order valence-electron chi connectivity index (χ1n) is 10.3. The Bertz CT molecular complexity index is 1050. The van der Waals surface area contributed by atoms with Gasteiger partial charge in [0.25, 0.3) is 0 Å². The minimum Gasteiger partial charge on any atom is -0.478 e. The topological polar surface area (TPSA) is 118 Å². The van der Waals surface area contributed by atoms with Crippen LogP contribution in [0.15, 0.2) is 23.2 Å². The predicted molar refractivity (Wildman–Crippen MR) is 121 cm³/mol. The highest BCUT2D eigenvalue weighted by Gasteiger charge is 2.60. The highest BCUT2D eigenvalue weighted by molar-refractivity contribution is 7.90. The van der Waals surface area contributed by atoms with Crippen LogP contribution in [-0.2, 0) is 10.0 Å². The summed E-state index contributed by atoms with van der Waals surface area (Å²) in [4.78, 5) is 4.03. The number of hydrogen-bond acceptors (Lipinski definition) is 5. The van der Waals surface area contributed by atoms with Gasteiger partial charge in [-0.05, 0) is 81.9 Å². The number of rotatable bonds is 5. The molecule has 3 N–H and O–H groups in total. The molecule has 0 saturated heterocycles. The van der Waals surface area contributed by atoms with Crippen molar-refractivity contribution in [3.63, 3.8) is 0 Å². The van der Waals surface area contributed by atoms with Crippen LogP contribution in [-0.4, -0.2) is 30.6 Å². The van der Waals surface area contributed by atoms with Crippen LogP contribution in [0.4, 0.5) is 0 Å². The highest BCUT2D eigenvalue weighted by Crippen LogP contribution is 2.58. The Balaban J connectivity index is 1.57. The standard InChI is InChI=1S/C21H26Cl2N4O3S/c1-20(2,30-17-4-3-15(22)7-16(17)23)19(26-11-24)27-18-13-5-12-6-14(18)10-21(8-12,9-13)31(25,28)29/h3-4,7,12-14,18H,5-6,8-10H2,1-2H3,(H,26,27)(H2,25,28,29). The second kappa shape index (κ2) is 7.80. The van der Waals surface area contributed by atoms with Gasteiger partial charge in [0.05, 0.1) is 9.77 Å². The molecule has 1 aromatic carbocycles. The lowest BCUT2D eigenvalue weighted by Gasteiger charge is -2.59. The molecule has 7 nitrogen and oxygen atoms in total. The second-order valence-corrected chi connectivity index (χ2v) is 12.4. The SMILES string of the molecule is CC(C)(Oc1ccc(Cl)cc1Cl)/C(=N\C#N)NC1C2CC3CC1CC(S(N)(=O)=O)(C3)C2. The molecule has 0 aliphatic heterocycles. The summed E-state index contributed by atoms with van der Waals surface area (Å²) in [6, 6.07) is 4.96. The minimum atomic E-state index is -3.62. The number of primary sulfonamides is 1. The Morgan fingerprint density at radius 1 is 1.29 bits per heavy atom. The van der Waals surface area contributed by atoms with Crippen LogP contribution in [0.25, 0.3) is 0 Å². The molecule has 4 aliphatic carbocycles. The van der Waals surface area contributed by atoms with Crippen LogP contribution in [0.5, 0.6) is 5.75 Å². The van der Waals surface area contributed by atoms with Gasteiger partial charge in [-0.25, -0.2) is 13.6 Å². The number of ether oxygens (including phenoxy) is 1. The summed E-state index contributed by atoms with van der Waals surface area (Å²) in [6.45, 7) is 3.62. The molecule has 4 aliphatic rings. The smallest absolute Gasteiger partial charge is 0.214 e. The van der Waals surface area contributed by atoms with Crippen molar-refractivity contribution in [3.8, 4) is 11.9 Å². The predicted octanol–water partition coefficient (Wildman–Crippen LogP) is 3.86. The fraction of sp³-hybridized carbons (Fsp3) is 0.619. The number of hydrogen-bond donors (Lipinski definition) is 2. The van der Waals surface area contributed by atoms with Gasteiger partial charge < -0.3 is 10.1 Å². The van der Waals surface area contributed by atoms with Gasteiger partial charge >= 0.3 is 0 Å². The van der Waals surface area contributed by atoms with Crippen molar-refractivity contribution in [3.05, 3.63) is 28.2 Å². The summed E-state index contributed by atoms with van der Waals surface area (Å²) < 4.78 is 30.1. The van der Waals surface area contributed by atoms with Crippen LogP contribution >= 0.6 is 23.2 Å². The maximum atomic E-state index is 12.4. The summed E-state index contributed by atoms with van der Waals surface area (Å²) in [5.74, 6) is 1.51. The van der Waals surface area contributed by atoms with Crippen molar-refractivity contribution in [2.75, 3.05) is 0 Å². The van der Waals surface area contributed by atoms with Gasteiger partial charge in [0.15, 0.2) is 11.4 Å². The third-order valence-electron chi connectivity index (χ3n) is 7.12. The molecule has 2 atom stereocenters. The average Bonchev–Trinajstić information content (AvgIpc) is 2.64. The lowest BCUT2D eigenvalue weighted by atomic mass is 9.53. The lowest BCUT2D eigenvalue weighted by Crippen LogP contribution is -2.66. The molecule has 1 aromatic rings. The Morgan fingerprint density at radius 2 is 1.94 bits per heavy atom. The van der Waals surface area contributed by atoms with Crippen molar-refractivity contribution in [2.45, 2.75) is 62.3 Å². The zero-order chi connectivity index (χ0) is 22.6. The minimum absolute atomic E-state index is 0.0158. The van der Waals surface area contributed by atoms with Crippen molar-refractivity contribution in [1.29, 1.82) is 5.26 Å². The van der Waals surface area contributed by atoms with E-state index < -0.39 is 20.4 Å². The third-order valence-corrected chi connectivity index (χ3v) is 9.35. The maximum absolute atomic E-state index is 12.4. The number of aliphatic imine (C=N–C) groups is 1. The van der Waals surface area contributed by atoms with E-state index in [1.54, 1.807) is 18.2 Å². The molecule has 0 amide bonds. The summed E-state index contributed by atoms with van der Waals surface area (Å²) in [5, 5.41) is 19.3. The van der Waals surface area contributed by atoms with Gasteiger partial charge in [-0.15, -0.1) is 0 Å². The molecule has 0 aromatic heterocycles. The Morgan fingerprint density at radius 3 is 2.48 bits per heavy atom. The largest absolute Gasteiger partial charge is 0.478 e. The van der Waals surface area contributed by atoms with Crippen molar-refractivity contribution >= 4 is 39.1 Å². The average molecular weight is 485 g/mol. The number of amidine groups is 1. The number of nitrogens with zero attached hydrogens (tertiary/aromatic N) is 2. The first-order valence-corrected chi connectivity index (χ1v) is 12.6. The highest BCUT2D eigenvalue weighted by atomic mass is 35.5. The van der Waals surface area contributed by atoms with E-state index >= 15 is 0 Å². The van der Waals surface area contributed by atoms with Crippen LogP contribution in [0.3, 0.4) is 0 Å². The Kier molecular flexibility index (Phi) is 5.70. The van der Waals surface area contributed by atoms with Gasteiger partial charge in [0, 0.05) is 11.1 Å². The fourth-order valence-corrected chi connectivity index (χ4v) is 7.77. The lowest BCUT2D eigenvalue weighted by molar-refractivity contribution is 0.00436. The molecule has 4 fully saturated rings. The monoisotopic (exact) mass is 484 g/mol. The van der Waals surface area contributed by atoms with Gasteiger partial charge in [-0.3, -0.25) is 0 Å². The van der Waals surface area contributed by atoms with Crippen LogP contribution in [0, 0.1) is 29.2 Å². The second-order valence-electron chi connectivity index (χ2n) is 9.62. The molecule has 0 radical (unpaired) electrons. The van der Waals surface area contributed by atoms with Crippen LogP contribution < -0.4 is 15.2 Å². The van der Waals surface area contributed by atoms with Crippen LogP contribution in [0.1, 0.15) is 46.0 Å². The Hall–Kier alpha value is -1.53. The van der Waals surface area contributed by atoms with E-state index in [-0.39, 0.29) is 17.9 Å². The summed E-state index contributed by atoms with van der Waals surface area (Å²) in [6.07, 6.45) is 5.52. The van der Waals surface area contributed by atoms with E-state index in [1.165, 1.54) is 0 Å². The normalized spacial score (nSPS) is 32.6. The quantitative estimate of drug-likeness (QED) is 0.373. The zero-order valence-electron chi connectivity index (χ0n) is 17.4. The molecule has 4 bridgehead atoms. The number of benzene rings is 1. The summed E-state index contributed by atoms with van der Waals surface area (Å²) >= 11 is 12.2. The first-order chi connectivity index (χ1) is 14.4. The van der Waals surface area contributed by atoms with Gasteiger partial charge in [0.2, 0.25) is 16.2 Å². The van der Waals surface area contributed by atoms with E-state index in [1.807, 2.05) is 20.0 Å². The van der Waals surface area contributed by atoms with Crippen molar-refractivity contribution < 1.29 is 13.2 Å². The van der Waals surface area contributed by atoms with Gasteiger partial charge in [-0.2, -0.15) is 10.3 Å². The van der Waals surface area contributed by atoms with E-state index in [0.717, 1.165) is 12.8 Å². The third kappa shape index (κ3) is 4.13. The Labute approximate surface area is 193 Å².